The zero-order valence-corrected chi connectivity index (χ0v) is 19.0. The molecule has 2 heterocycles. The van der Waals surface area contributed by atoms with Crippen molar-refractivity contribution >= 4 is 32.5 Å². The quantitative estimate of drug-likeness (QED) is 0.686. The van der Waals surface area contributed by atoms with Gasteiger partial charge in [0, 0.05) is 5.41 Å². The Morgan fingerprint density at radius 2 is 1.74 bits per heavy atom. The van der Waals surface area contributed by atoms with Gasteiger partial charge in [-0.3, -0.25) is 0 Å². The van der Waals surface area contributed by atoms with Gasteiger partial charge in [0.15, 0.2) is 15.4 Å². The molecule has 1 aliphatic rings. The Morgan fingerprint density at radius 3 is 2.26 bits per heavy atom. The third kappa shape index (κ3) is 4.03. The highest BCUT2D eigenvalue weighted by atomic mass is 35.5. The molecule has 0 aliphatic carbocycles. The SMILES string of the molecule is CC.CN1CCC(C)(S(=O)(=O)c2c(Cl)ccc3nc(C(C)(C)C)oc23)CC1. The minimum atomic E-state index is -3.67. The van der Waals surface area contributed by atoms with Gasteiger partial charge in [-0.2, -0.15) is 0 Å². The molecule has 1 aromatic heterocycles. The highest BCUT2D eigenvalue weighted by Crippen LogP contribution is 2.41. The number of oxazole rings is 1. The number of nitrogens with zero attached hydrogens (tertiary/aromatic N) is 2. The number of hydrogen-bond donors (Lipinski definition) is 0. The van der Waals surface area contributed by atoms with E-state index in [1.165, 1.54) is 0 Å². The van der Waals surface area contributed by atoms with Crippen molar-refractivity contribution in [1.82, 2.24) is 9.88 Å². The number of aromatic nitrogens is 1. The average Bonchev–Trinajstić information content (AvgIpc) is 3.03. The Bertz CT molecular complexity index is 905. The molecule has 5 nitrogen and oxygen atoms in total. The van der Waals surface area contributed by atoms with Crippen molar-refractivity contribution in [2.75, 3.05) is 20.1 Å². The maximum Gasteiger partial charge on any atom is 0.200 e. The fourth-order valence-corrected chi connectivity index (χ4v) is 5.50. The molecule has 1 fully saturated rings. The number of rotatable bonds is 2. The predicted molar refractivity (Wildman–Crippen MR) is 111 cm³/mol. The molecule has 1 aliphatic heterocycles. The van der Waals surface area contributed by atoms with Crippen molar-refractivity contribution < 1.29 is 12.8 Å². The molecule has 7 heteroatoms. The third-order valence-electron chi connectivity index (χ3n) is 5.07. The van der Waals surface area contributed by atoms with Crippen LogP contribution in [-0.2, 0) is 15.3 Å². The van der Waals surface area contributed by atoms with Crippen molar-refractivity contribution in [3.05, 3.63) is 23.0 Å². The smallest absolute Gasteiger partial charge is 0.200 e. The Kier molecular flexibility index (Phi) is 6.34. The maximum atomic E-state index is 13.5. The standard InChI is InChI=1S/C18H25ClN2O3S.C2H6/c1-17(2,3)16-20-13-7-6-12(19)15(14(13)24-16)25(22,23)18(4)8-10-21(5)11-9-18;1-2/h6-7H,8-11H2,1-5H3;1-2H3. The molecule has 0 radical (unpaired) electrons. The minimum Gasteiger partial charge on any atom is -0.439 e. The van der Waals surface area contributed by atoms with Gasteiger partial charge >= 0.3 is 0 Å². The minimum absolute atomic E-state index is 0.0849. The van der Waals surface area contributed by atoms with E-state index >= 15 is 0 Å². The van der Waals surface area contributed by atoms with Crippen LogP contribution in [0.25, 0.3) is 11.1 Å². The number of halogens is 1. The summed E-state index contributed by atoms with van der Waals surface area (Å²) in [4.78, 5) is 6.71. The maximum absolute atomic E-state index is 13.5. The number of sulfone groups is 1. The van der Waals surface area contributed by atoms with Gasteiger partial charge in [-0.1, -0.05) is 46.2 Å². The monoisotopic (exact) mass is 414 g/mol. The average molecular weight is 415 g/mol. The van der Waals surface area contributed by atoms with E-state index in [9.17, 15) is 8.42 Å². The van der Waals surface area contributed by atoms with Crippen LogP contribution in [0.5, 0.6) is 0 Å². The van der Waals surface area contributed by atoms with Crippen LogP contribution >= 0.6 is 11.6 Å². The lowest BCUT2D eigenvalue weighted by molar-refractivity contribution is 0.240. The highest BCUT2D eigenvalue weighted by molar-refractivity contribution is 7.93. The van der Waals surface area contributed by atoms with Crippen LogP contribution in [0.2, 0.25) is 5.02 Å². The summed E-state index contributed by atoms with van der Waals surface area (Å²) in [7, 11) is -1.66. The van der Waals surface area contributed by atoms with Gasteiger partial charge in [0.05, 0.1) is 9.77 Å². The van der Waals surface area contributed by atoms with E-state index < -0.39 is 14.6 Å². The second-order valence-electron chi connectivity index (χ2n) is 8.25. The van der Waals surface area contributed by atoms with Crippen LogP contribution in [0.3, 0.4) is 0 Å². The van der Waals surface area contributed by atoms with Gasteiger partial charge in [-0.15, -0.1) is 0 Å². The summed E-state index contributed by atoms with van der Waals surface area (Å²) in [5.41, 5.74) is 0.492. The molecule has 152 valence electrons. The Balaban J connectivity index is 0.00000126. The van der Waals surface area contributed by atoms with Crippen LogP contribution in [0.15, 0.2) is 21.4 Å². The van der Waals surface area contributed by atoms with Crippen LogP contribution in [-0.4, -0.2) is 43.2 Å². The lowest BCUT2D eigenvalue weighted by Crippen LogP contribution is -2.46. The molecule has 3 rings (SSSR count). The Morgan fingerprint density at radius 1 is 1.19 bits per heavy atom. The number of benzene rings is 1. The summed E-state index contributed by atoms with van der Waals surface area (Å²) in [5.74, 6) is 0.509. The first-order chi connectivity index (χ1) is 12.5. The molecule has 1 saturated heterocycles. The molecule has 0 spiro atoms. The molecule has 0 N–H and O–H groups in total. The van der Waals surface area contributed by atoms with Crippen LogP contribution in [0.1, 0.15) is 60.3 Å². The molecule has 0 atom stereocenters. The van der Waals surface area contributed by atoms with Crippen molar-refractivity contribution in [2.45, 2.75) is 69.4 Å². The summed E-state index contributed by atoms with van der Waals surface area (Å²) in [6.45, 7) is 13.2. The van der Waals surface area contributed by atoms with Crippen molar-refractivity contribution in [3.8, 4) is 0 Å². The molecule has 27 heavy (non-hydrogen) atoms. The van der Waals surface area contributed by atoms with Gasteiger partial charge in [-0.05, 0) is 52.0 Å². The molecule has 0 bridgehead atoms. The molecule has 2 aromatic rings. The molecule has 1 aromatic carbocycles. The van der Waals surface area contributed by atoms with E-state index in [2.05, 4.69) is 9.88 Å². The van der Waals surface area contributed by atoms with Crippen LogP contribution < -0.4 is 0 Å². The van der Waals surface area contributed by atoms with E-state index in [1.807, 2.05) is 48.6 Å². The first-order valence-electron chi connectivity index (χ1n) is 9.48. The molecule has 0 saturated carbocycles. The molecular formula is C20H31ClN2O3S. The van der Waals surface area contributed by atoms with Gasteiger partial charge in [0.2, 0.25) is 5.89 Å². The van der Waals surface area contributed by atoms with Crippen molar-refractivity contribution in [2.24, 2.45) is 0 Å². The fraction of sp³-hybridized carbons (Fsp3) is 0.650. The van der Waals surface area contributed by atoms with Gasteiger partial charge in [-0.25, -0.2) is 13.4 Å². The second kappa shape index (κ2) is 7.72. The molecule has 0 unspecified atom stereocenters. The van der Waals surface area contributed by atoms with Crippen LogP contribution in [0.4, 0.5) is 0 Å². The second-order valence-corrected chi connectivity index (χ2v) is 11.1. The number of likely N-dealkylation sites (tertiary alicyclic amines) is 1. The van der Waals surface area contributed by atoms with E-state index in [1.54, 1.807) is 12.1 Å². The Labute approximate surface area is 168 Å². The fourth-order valence-electron chi connectivity index (χ4n) is 3.12. The summed E-state index contributed by atoms with van der Waals surface area (Å²) >= 11 is 6.34. The summed E-state index contributed by atoms with van der Waals surface area (Å²) in [5, 5.41) is 0.198. The number of piperidine rings is 1. The van der Waals surface area contributed by atoms with E-state index in [-0.39, 0.29) is 20.9 Å². The van der Waals surface area contributed by atoms with Crippen LogP contribution in [0, 0.1) is 0 Å². The lowest BCUT2D eigenvalue weighted by Gasteiger charge is -2.37. The normalized spacial score (nSPS) is 18.2. The summed E-state index contributed by atoms with van der Waals surface area (Å²) < 4.78 is 32.1. The summed E-state index contributed by atoms with van der Waals surface area (Å²) in [6.07, 6.45) is 1.14. The first-order valence-corrected chi connectivity index (χ1v) is 11.3. The molecular weight excluding hydrogens is 384 g/mol. The van der Waals surface area contributed by atoms with Crippen molar-refractivity contribution in [3.63, 3.8) is 0 Å². The number of hydrogen-bond acceptors (Lipinski definition) is 5. The van der Waals surface area contributed by atoms with Crippen molar-refractivity contribution in [1.29, 1.82) is 0 Å². The highest BCUT2D eigenvalue weighted by Gasteiger charge is 2.45. The van der Waals surface area contributed by atoms with Gasteiger partial charge in [0.1, 0.15) is 10.4 Å². The third-order valence-corrected chi connectivity index (χ3v) is 8.14. The van der Waals surface area contributed by atoms with E-state index in [4.69, 9.17) is 16.0 Å². The van der Waals surface area contributed by atoms with Gasteiger partial charge in [0.25, 0.3) is 0 Å². The van der Waals surface area contributed by atoms with Gasteiger partial charge < -0.3 is 9.32 Å². The first kappa shape index (κ1) is 22.2. The van der Waals surface area contributed by atoms with E-state index in [0.717, 1.165) is 13.1 Å². The topological polar surface area (TPSA) is 63.4 Å². The zero-order chi connectivity index (χ0) is 20.6. The number of fused-ring (bicyclic) bond motifs is 1. The Hall–Kier alpha value is -1.11. The predicted octanol–water partition coefficient (Wildman–Crippen LogP) is 5.06. The largest absolute Gasteiger partial charge is 0.439 e. The molecule has 0 amide bonds. The zero-order valence-electron chi connectivity index (χ0n) is 17.4. The lowest BCUT2D eigenvalue weighted by atomic mass is 9.97. The van der Waals surface area contributed by atoms with E-state index in [0.29, 0.717) is 24.2 Å². The summed E-state index contributed by atoms with van der Waals surface area (Å²) in [6, 6.07) is 3.32.